The lowest BCUT2D eigenvalue weighted by Crippen LogP contribution is -1.88. The molecule has 0 aromatic rings. The van der Waals surface area contributed by atoms with Crippen molar-refractivity contribution in [2.75, 3.05) is 0 Å². The highest BCUT2D eigenvalue weighted by Gasteiger charge is 2.01. The summed E-state index contributed by atoms with van der Waals surface area (Å²) in [5.74, 6) is 0. The van der Waals surface area contributed by atoms with Gasteiger partial charge in [-0.2, -0.15) is 5.26 Å². The number of nitriles is 1. The standard InChI is InChI=1S/C9H11N/c1-2-8-4-3-5-9(6-8)7-10/h4,6H,2-3,5H2,1H3. The van der Waals surface area contributed by atoms with Crippen molar-refractivity contribution >= 4 is 0 Å². The zero-order chi connectivity index (χ0) is 7.40. The average molecular weight is 133 g/mol. The van der Waals surface area contributed by atoms with E-state index in [-0.39, 0.29) is 0 Å². The zero-order valence-corrected chi connectivity index (χ0v) is 6.22. The average Bonchev–Trinajstić information content (AvgIpc) is 2.05. The van der Waals surface area contributed by atoms with Crippen LogP contribution < -0.4 is 0 Å². The van der Waals surface area contributed by atoms with Gasteiger partial charge in [0.2, 0.25) is 0 Å². The molecule has 0 aliphatic heterocycles. The van der Waals surface area contributed by atoms with Crippen LogP contribution in [0, 0.1) is 11.3 Å². The maximum Gasteiger partial charge on any atom is 0.0947 e. The van der Waals surface area contributed by atoms with Gasteiger partial charge in [0.05, 0.1) is 6.07 Å². The fraction of sp³-hybridized carbons (Fsp3) is 0.444. The predicted molar refractivity (Wildman–Crippen MR) is 41.3 cm³/mol. The molecule has 0 heterocycles. The summed E-state index contributed by atoms with van der Waals surface area (Å²) in [5.41, 5.74) is 2.24. The molecule has 0 saturated carbocycles. The molecule has 1 rings (SSSR count). The first kappa shape index (κ1) is 7.08. The summed E-state index contributed by atoms with van der Waals surface area (Å²) < 4.78 is 0. The maximum atomic E-state index is 8.56. The molecule has 0 spiro atoms. The number of hydrogen-bond donors (Lipinski definition) is 0. The Kier molecular flexibility index (Phi) is 2.28. The van der Waals surface area contributed by atoms with Crippen LogP contribution in [-0.4, -0.2) is 0 Å². The van der Waals surface area contributed by atoms with Gasteiger partial charge in [-0.1, -0.05) is 18.6 Å². The number of hydrogen-bond acceptors (Lipinski definition) is 1. The van der Waals surface area contributed by atoms with Gasteiger partial charge in [0.1, 0.15) is 0 Å². The highest BCUT2D eigenvalue weighted by molar-refractivity contribution is 5.34. The van der Waals surface area contributed by atoms with E-state index in [1.165, 1.54) is 5.57 Å². The van der Waals surface area contributed by atoms with Crippen LogP contribution in [0.15, 0.2) is 23.3 Å². The molecular formula is C9H11N. The molecule has 0 amide bonds. The highest BCUT2D eigenvalue weighted by atomic mass is 14.2. The van der Waals surface area contributed by atoms with Gasteiger partial charge < -0.3 is 0 Å². The lowest BCUT2D eigenvalue weighted by atomic mass is 9.99. The first-order chi connectivity index (χ1) is 4.86. The van der Waals surface area contributed by atoms with E-state index >= 15 is 0 Å². The van der Waals surface area contributed by atoms with Crippen LogP contribution in [0.1, 0.15) is 26.2 Å². The van der Waals surface area contributed by atoms with Crippen molar-refractivity contribution in [3.8, 4) is 6.07 Å². The van der Waals surface area contributed by atoms with Gasteiger partial charge >= 0.3 is 0 Å². The lowest BCUT2D eigenvalue weighted by Gasteiger charge is -2.05. The van der Waals surface area contributed by atoms with Crippen molar-refractivity contribution in [1.82, 2.24) is 0 Å². The largest absolute Gasteiger partial charge is 0.193 e. The fourth-order valence-electron chi connectivity index (χ4n) is 1.10. The van der Waals surface area contributed by atoms with Gasteiger partial charge in [-0.3, -0.25) is 0 Å². The van der Waals surface area contributed by atoms with Crippen molar-refractivity contribution in [3.05, 3.63) is 23.3 Å². The Morgan fingerprint density at radius 3 is 3.10 bits per heavy atom. The molecule has 0 N–H and O–H groups in total. The lowest BCUT2D eigenvalue weighted by molar-refractivity contribution is 0.951. The van der Waals surface area contributed by atoms with E-state index < -0.39 is 0 Å². The molecular weight excluding hydrogens is 122 g/mol. The minimum absolute atomic E-state index is 0.930. The molecule has 52 valence electrons. The summed E-state index contributed by atoms with van der Waals surface area (Å²) in [6.07, 6.45) is 7.23. The van der Waals surface area contributed by atoms with E-state index in [1.807, 2.05) is 6.08 Å². The summed E-state index contributed by atoms with van der Waals surface area (Å²) in [6, 6.07) is 2.19. The molecule has 0 fully saturated rings. The van der Waals surface area contributed by atoms with Gasteiger partial charge in [0.15, 0.2) is 0 Å². The molecule has 0 aromatic heterocycles. The topological polar surface area (TPSA) is 23.8 Å². The maximum absolute atomic E-state index is 8.56. The van der Waals surface area contributed by atoms with Crippen LogP contribution in [0.2, 0.25) is 0 Å². The third-order valence-electron chi connectivity index (χ3n) is 1.73. The van der Waals surface area contributed by atoms with Crippen molar-refractivity contribution in [2.45, 2.75) is 26.2 Å². The van der Waals surface area contributed by atoms with Crippen molar-refractivity contribution < 1.29 is 0 Å². The molecule has 1 nitrogen and oxygen atoms in total. The third-order valence-corrected chi connectivity index (χ3v) is 1.73. The monoisotopic (exact) mass is 133 g/mol. The first-order valence-electron chi connectivity index (χ1n) is 3.66. The zero-order valence-electron chi connectivity index (χ0n) is 6.22. The minimum Gasteiger partial charge on any atom is -0.193 e. The Morgan fingerprint density at radius 2 is 2.50 bits per heavy atom. The number of nitrogens with zero attached hydrogens (tertiary/aromatic N) is 1. The second-order valence-corrected chi connectivity index (χ2v) is 2.45. The molecule has 10 heavy (non-hydrogen) atoms. The Balaban J connectivity index is 2.73. The molecule has 0 bridgehead atoms. The van der Waals surface area contributed by atoms with E-state index in [0.29, 0.717) is 0 Å². The highest BCUT2D eigenvalue weighted by Crippen LogP contribution is 2.17. The van der Waals surface area contributed by atoms with E-state index in [0.717, 1.165) is 24.8 Å². The summed E-state index contributed by atoms with van der Waals surface area (Å²) in [4.78, 5) is 0. The first-order valence-corrected chi connectivity index (χ1v) is 3.66. The van der Waals surface area contributed by atoms with E-state index in [9.17, 15) is 0 Å². The van der Waals surface area contributed by atoms with Crippen LogP contribution in [0.4, 0.5) is 0 Å². The Bertz CT molecular complexity index is 215. The normalized spacial score (nSPS) is 17.2. The minimum atomic E-state index is 0.930. The quantitative estimate of drug-likeness (QED) is 0.539. The smallest absolute Gasteiger partial charge is 0.0947 e. The van der Waals surface area contributed by atoms with E-state index in [1.54, 1.807) is 0 Å². The second-order valence-electron chi connectivity index (χ2n) is 2.45. The SMILES string of the molecule is CCC1=CCCC(C#N)=C1. The van der Waals surface area contributed by atoms with E-state index in [4.69, 9.17) is 5.26 Å². The Hall–Kier alpha value is -1.03. The molecule has 1 heteroatoms. The van der Waals surface area contributed by atoms with Crippen LogP contribution in [0.5, 0.6) is 0 Å². The predicted octanol–water partition coefficient (Wildman–Crippen LogP) is 2.57. The molecule has 0 radical (unpaired) electrons. The van der Waals surface area contributed by atoms with Crippen LogP contribution in [0.3, 0.4) is 0 Å². The molecule has 0 atom stereocenters. The second kappa shape index (κ2) is 3.22. The summed E-state index contributed by atoms with van der Waals surface area (Å²) in [6.45, 7) is 2.11. The fourth-order valence-corrected chi connectivity index (χ4v) is 1.10. The van der Waals surface area contributed by atoms with Crippen molar-refractivity contribution in [3.63, 3.8) is 0 Å². The Labute approximate surface area is 61.7 Å². The summed E-state index contributed by atoms with van der Waals surface area (Å²) in [5, 5.41) is 8.56. The Morgan fingerprint density at radius 1 is 1.70 bits per heavy atom. The number of allylic oxidation sites excluding steroid dienone is 4. The van der Waals surface area contributed by atoms with Gasteiger partial charge in [0, 0.05) is 5.57 Å². The molecule has 1 aliphatic rings. The molecule has 0 saturated heterocycles. The van der Waals surface area contributed by atoms with Gasteiger partial charge in [-0.25, -0.2) is 0 Å². The van der Waals surface area contributed by atoms with Crippen molar-refractivity contribution in [1.29, 1.82) is 5.26 Å². The van der Waals surface area contributed by atoms with Gasteiger partial charge in [-0.15, -0.1) is 0 Å². The van der Waals surface area contributed by atoms with Crippen molar-refractivity contribution in [2.24, 2.45) is 0 Å². The van der Waals surface area contributed by atoms with Crippen LogP contribution >= 0.6 is 0 Å². The summed E-state index contributed by atoms with van der Waals surface area (Å²) >= 11 is 0. The van der Waals surface area contributed by atoms with Crippen LogP contribution in [-0.2, 0) is 0 Å². The summed E-state index contributed by atoms with van der Waals surface area (Å²) in [7, 11) is 0. The third kappa shape index (κ3) is 1.48. The molecule has 0 aromatic carbocycles. The van der Waals surface area contributed by atoms with Gasteiger partial charge in [-0.05, 0) is 25.3 Å². The van der Waals surface area contributed by atoms with Crippen LogP contribution in [0.25, 0.3) is 0 Å². The molecule has 0 unspecified atom stereocenters. The molecule has 1 aliphatic carbocycles. The number of rotatable bonds is 1. The van der Waals surface area contributed by atoms with Gasteiger partial charge in [0.25, 0.3) is 0 Å². The van der Waals surface area contributed by atoms with E-state index in [2.05, 4.69) is 19.1 Å².